The number of benzene rings is 1. The van der Waals surface area contributed by atoms with E-state index in [1.807, 2.05) is 31.2 Å². The van der Waals surface area contributed by atoms with Crippen molar-refractivity contribution in [3.8, 4) is 5.75 Å². The van der Waals surface area contributed by atoms with Gasteiger partial charge in [0.15, 0.2) is 0 Å². The van der Waals surface area contributed by atoms with Crippen LogP contribution in [-0.2, 0) is 4.79 Å². The van der Waals surface area contributed by atoms with Crippen molar-refractivity contribution < 1.29 is 9.53 Å². The molecular formula is C16H25ClN2O2. The molecule has 1 aromatic carbocycles. The Morgan fingerprint density at radius 2 is 2.24 bits per heavy atom. The van der Waals surface area contributed by atoms with Gasteiger partial charge >= 0.3 is 0 Å². The second-order valence-corrected chi connectivity index (χ2v) is 5.31. The molecule has 1 saturated heterocycles. The van der Waals surface area contributed by atoms with Crippen molar-refractivity contribution in [1.82, 2.24) is 10.6 Å². The maximum absolute atomic E-state index is 11.7. The van der Waals surface area contributed by atoms with Crippen LogP contribution >= 0.6 is 12.4 Å². The van der Waals surface area contributed by atoms with E-state index in [1.54, 1.807) is 0 Å². The topological polar surface area (TPSA) is 50.4 Å². The first-order valence-electron chi connectivity index (χ1n) is 7.44. The SMILES string of the molecule is Cc1ccccc1OCCCC(=O)NCC1CCCN1.Cl. The lowest BCUT2D eigenvalue weighted by molar-refractivity contribution is -0.121. The molecule has 21 heavy (non-hydrogen) atoms. The van der Waals surface area contributed by atoms with E-state index in [0.717, 1.165) is 37.2 Å². The molecule has 0 saturated carbocycles. The number of halogens is 1. The number of hydrogen-bond donors (Lipinski definition) is 2. The van der Waals surface area contributed by atoms with Crippen LogP contribution in [0.15, 0.2) is 24.3 Å². The van der Waals surface area contributed by atoms with Crippen LogP contribution in [0.25, 0.3) is 0 Å². The van der Waals surface area contributed by atoms with Gasteiger partial charge in [-0.3, -0.25) is 4.79 Å². The minimum absolute atomic E-state index is 0. The predicted molar refractivity (Wildman–Crippen MR) is 87.2 cm³/mol. The molecule has 1 aliphatic heterocycles. The summed E-state index contributed by atoms with van der Waals surface area (Å²) in [6.07, 6.45) is 3.65. The molecule has 2 N–H and O–H groups in total. The largest absolute Gasteiger partial charge is 0.493 e. The Kier molecular flexibility index (Phi) is 8.16. The molecule has 4 nitrogen and oxygen atoms in total. The van der Waals surface area contributed by atoms with E-state index in [0.29, 0.717) is 19.1 Å². The monoisotopic (exact) mass is 312 g/mol. The number of amides is 1. The highest BCUT2D eigenvalue weighted by Crippen LogP contribution is 2.16. The Morgan fingerprint density at radius 3 is 2.95 bits per heavy atom. The van der Waals surface area contributed by atoms with Gasteiger partial charge < -0.3 is 15.4 Å². The summed E-state index contributed by atoms with van der Waals surface area (Å²) in [5.74, 6) is 1.02. The standard InChI is InChI=1S/C16H24N2O2.ClH/c1-13-6-2-3-8-15(13)20-11-5-9-16(19)18-12-14-7-4-10-17-14;/h2-3,6,8,14,17H,4-5,7,9-12H2,1H3,(H,18,19);1H. The highest BCUT2D eigenvalue weighted by Gasteiger charge is 2.14. The van der Waals surface area contributed by atoms with Crippen LogP contribution in [0, 0.1) is 6.92 Å². The van der Waals surface area contributed by atoms with Crippen molar-refractivity contribution in [2.45, 2.75) is 38.6 Å². The highest BCUT2D eigenvalue weighted by molar-refractivity contribution is 5.85. The average molecular weight is 313 g/mol. The summed E-state index contributed by atoms with van der Waals surface area (Å²) in [6.45, 7) is 4.43. The normalized spacial score (nSPS) is 17.1. The molecule has 0 aliphatic carbocycles. The summed E-state index contributed by atoms with van der Waals surface area (Å²) < 4.78 is 5.67. The maximum atomic E-state index is 11.7. The molecule has 1 unspecified atom stereocenters. The molecule has 1 fully saturated rings. The predicted octanol–water partition coefficient (Wildman–Crippen LogP) is 2.44. The number of nitrogens with one attached hydrogen (secondary N) is 2. The molecule has 1 atom stereocenters. The number of carbonyl (C=O) groups excluding carboxylic acids is 1. The van der Waals surface area contributed by atoms with E-state index >= 15 is 0 Å². The zero-order valence-corrected chi connectivity index (χ0v) is 13.4. The first-order chi connectivity index (χ1) is 9.75. The van der Waals surface area contributed by atoms with E-state index in [9.17, 15) is 4.79 Å². The summed E-state index contributed by atoms with van der Waals surface area (Å²) in [6, 6.07) is 8.40. The van der Waals surface area contributed by atoms with Crippen molar-refractivity contribution >= 4 is 18.3 Å². The van der Waals surface area contributed by atoms with E-state index < -0.39 is 0 Å². The number of rotatable bonds is 7. The van der Waals surface area contributed by atoms with Crippen molar-refractivity contribution in [1.29, 1.82) is 0 Å². The molecule has 0 aromatic heterocycles. The zero-order valence-electron chi connectivity index (χ0n) is 12.6. The molecule has 0 bridgehead atoms. The van der Waals surface area contributed by atoms with Gasteiger partial charge in [-0.15, -0.1) is 12.4 Å². The number of para-hydroxylation sites is 1. The molecule has 0 radical (unpaired) electrons. The second-order valence-electron chi connectivity index (χ2n) is 5.31. The fourth-order valence-corrected chi connectivity index (χ4v) is 2.39. The van der Waals surface area contributed by atoms with Crippen LogP contribution in [0.3, 0.4) is 0 Å². The Morgan fingerprint density at radius 1 is 1.43 bits per heavy atom. The van der Waals surface area contributed by atoms with Gasteiger partial charge in [-0.05, 0) is 44.4 Å². The van der Waals surface area contributed by atoms with E-state index in [4.69, 9.17) is 4.74 Å². The molecule has 1 aromatic rings. The molecule has 1 aliphatic rings. The van der Waals surface area contributed by atoms with Gasteiger partial charge in [0.1, 0.15) is 5.75 Å². The second kappa shape index (κ2) is 9.64. The van der Waals surface area contributed by atoms with Crippen molar-refractivity contribution in [3.05, 3.63) is 29.8 Å². The fourth-order valence-electron chi connectivity index (χ4n) is 2.39. The Hall–Kier alpha value is -1.26. The summed E-state index contributed by atoms with van der Waals surface area (Å²) in [4.78, 5) is 11.7. The molecule has 0 spiro atoms. The molecule has 118 valence electrons. The quantitative estimate of drug-likeness (QED) is 0.760. The Labute approximate surface area is 133 Å². The summed E-state index contributed by atoms with van der Waals surface area (Å²) in [5.41, 5.74) is 1.13. The first kappa shape index (κ1) is 17.8. The zero-order chi connectivity index (χ0) is 14.2. The van der Waals surface area contributed by atoms with Crippen LogP contribution in [0.4, 0.5) is 0 Å². The smallest absolute Gasteiger partial charge is 0.220 e. The number of hydrogen-bond acceptors (Lipinski definition) is 3. The van der Waals surface area contributed by atoms with Crippen LogP contribution < -0.4 is 15.4 Å². The van der Waals surface area contributed by atoms with Gasteiger partial charge in [0.25, 0.3) is 0 Å². The van der Waals surface area contributed by atoms with Gasteiger partial charge in [0.05, 0.1) is 6.61 Å². The Bertz CT molecular complexity index is 434. The summed E-state index contributed by atoms with van der Waals surface area (Å²) in [7, 11) is 0. The molecule has 1 amide bonds. The lowest BCUT2D eigenvalue weighted by Gasteiger charge is -2.12. The third-order valence-electron chi connectivity index (χ3n) is 3.61. The summed E-state index contributed by atoms with van der Waals surface area (Å²) >= 11 is 0. The summed E-state index contributed by atoms with van der Waals surface area (Å²) in [5, 5.41) is 6.35. The molecular weight excluding hydrogens is 288 g/mol. The van der Waals surface area contributed by atoms with E-state index in [1.165, 1.54) is 6.42 Å². The minimum atomic E-state index is 0. The van der Waals surface area contributed by atoms with Gasteiger partial charge in [0, 0.05) is 19.0 Å². The van der Waals surface area contributed by atoms with E-state index in [2.05, 4.69) is 10.6 Å². The Balaban J connectivity index is 0.00000220. The van der Waals surface area contributed by atoms with Gasteiger partial charge in [-0.1, -0.05) is 18.2 Å². The van der Waals surface area contributed by atoms with E-state index in [-0.39, 0.29) is 18.3 Å². The van der Waals surface area contributed by atoms with Crippen LogP contribution in [0.1, 0.15) is 31.2 Å². The third kappa shape index (κ3) is 6.36. The first-order valence-corrected chi connectivity index (χ1v) is 7.44. The minimum Gasteiger partial charge on any atom is -0.493 e. The van der Waals surface area contributed by atoms with Gasteiger partial charge in [-0.2, -0.15) is 0 Å². The number of carbonyl (C=O) groups is 1. The number of ether oxygens (including phenoxy) is 1. The van der Waals surface area contributed by atoms with Crippen LogP contribution in [-0.4, -0.2) is 31.6 Å². The van der Waals surface area contributed by atoms with Crippen molar-refractivity contribution in [2.75, 3.05) is 19.7 Å². The van der Waals surface area contributed by atoms with Crippen molar-refractivity contribution in [2.24, 2.45) is 0 Å². The fraction of sp³-hybridized carbons (Fsp3) is 0.562. The third-order valence-corrected chi connectivity index (χ3v) is 3.61. The number of aryl methyl sites for hydroxylation is 1. The highest BCUT2D eigenvalue weighted by atomic mass is 35.5. The van der Waals surface area contributed by atoms with Crippen LogP contribution in [0.5, 0.6) is 5.75 Å². The molecule has 1 heterocycles. The molecule has 5 heteroatoms. The lowest BCUT2D eigenvalue weighted by atomic mass is 10.2. The maximum Gasteiger partial charge on any atom is 0.220 e. The van der Waals surface area contributed by atoms with Gasteiger partial charge in [-0.25, -0.2) is 0 Å². The average Bonchev–Trinajstić information content (AvgIpc) is 2.96. The van der Waals surface area contributed by atoms with Crippen molar-refractivity contribution in [3.63, 3.8) is 0 Å². The molecule has 2 rings (SSSR count). The lowest BCUT2D eigenvalue weighted by Crippen LogP contribution is -2.37. The van der Waals surface area contributed by atoms with Crippen LogP contribution in [0.2, 0.25) is 0 Å². The van der Waals surface area contributed by atoms with Gasteiger partial charge in [0.2, 0.25) is 5.91 Å².